The molecule has 0 aromatic heterocycles. The van der Waals surface area contributed by atoms with Crippen LogP contribution in [-0.2, 0) is 6.42 Å². The van der Waals surface area contributed by atoms with E-state index in [9.17, 15) is 0 Å². The second-order valence-corrected chi connectivity index (χ2v) is 4.86. The highest BCUT2D eigenvalue weighted by Crippen LogP contribution is 2.15. The molecule has 2 nitrogen and oxygen atoms in total. The molecule has 1 atom stereocenters. The Morgan fingerprint density at radius 2 is 2.12 bits per heavy atom. The van der Waals surface area contributed by atoms with Crippen LogP contribution in [0.25, 0.3) is 0 Å². The second kappa shape index (κ2) is 6.77. The van der Waals surface area contributed by atoms with E-state index in [1.807, 2.05) is 0 Å². The summed E-state index contributed by atoms with van der Waals surface area (Å²) in [5.41, 5.74) is 1.43. The first-order chi connectivity index (χ1) is 8.40. The van der Waals surface area contributed by atoms with Gasteiger partial charge in [0.1, 0.15) is 0 Å². The lowest BCUT2D eigenvalue weighted by atomic mass is 10.1. The Morgan fingerprint density at radius 1 is 1.29 bits per heavy atom. The summed E-state index contributed by atoms with van der Waals surface area (Å²) >= 11 is 0. The minimum Gasteiger partial charge on any atom is -0.315 e. The van der Waals surface area contributed by atoms with E-state index >= 15 is 0 Å². The lowest BCUT2D eigenvalue weighted by molar-refractivity contribution is 0.260. The Bertz CT molecular complexity index is 310. The molecule has 2 heteroatoms. The van der Waals surface area contributed by atoms with Crippen molar-refractivity contribution in [1.82, 2.24) is 10.2 Å². The molecule has 94 valence electrons. The molecule has 0 aliphatic carbocycles. The minimum absolute atomic E-state index is 0.774. The lowest BCUT2D eigenvalue weighted by Crippen LogP contribution is -2.38. The quantitative estimate of drug-likeness (QED) is 0.757. The number of likely N-dealkylation sites (N-methyl/N-ethyl adjacent to an activating group) is 1. The molecule has 2 rings (SSSR count). The van der Waals surface area contributed by atoms with Crippen LogP contribution in [0.2, 0.25) is 0 Å². The molecule has 1 fully saturated rings. The summed E-state index contributed by atoms with van der Waals surface area (Å²) in [6.07, 6.45) is 3.88. The molecule has 1 aliphatic heterocycles. The zero-order valence-electron chi connectivity index (χ0n) is 10.9. The third kappa shape index (κ3) is 3.83. The normalized spacial score (nSPS) is 20.9. The van der Waals surface area contributed by atoms with Gasteiger partial charge in [0, 0.05) is 12.6 Å². The van der Waals surface area contributed by atoms with Crippen molar-refractivity contribution in [2.45, 2.75) is 32.2 Å². The highest BCUT2D eigenvalue weighted by molar-refractivity contribution is 5.14. The van der Waals surface area contributed by atoms with Crippen LogP contribution in [0.1, 0.15) is 25.3 Å². The van der Waals surface area contributed by atoms with E-state index in [2.05, 4.69) is 47.5 Å². The molecule has 1 aliphatic rings. The first kappa shape index (κ1) is 12.6. The molecule has 1 saturated heterocycles. The fourth-order valence-electron chi connectivity index (χ4n) is 2.69. The monoisotopic (exact) mass is 232 g/mol. The Labute approximate surface area is 105 Å². The van der Waals surface area contributed by atoms with E-state index in [0.717, 1.165) is 25.6 Å². The molecule has 1 aromatic carbocycles. The standard InChI is InChI=1S/C15H24N2/c1-2-17-12-6-9-15(17)13-16-11-10-14-7-4-3-5-8-14/h3-5,7-8,15-16H,2,6,9-13H2,1H3/t15-/m0/s1. The molecule has 1 heterocycles. The zero-order valence-corrected chi connectivity index (χ0v) is 10.9. The molecule has 1 N–H and O–H groups in total. The summed E-state index contributed by atoms with van der Waals surface area (Å²) in [4.78, 5) is 2.59. The molecular formula is C15H24N2. The van der Waals surface area contributed by atoms with Crippen molar-refractivity contribution in [2.75, 3.05) is 26.2 Å². The molecule has 0 bridgehead atoms. The number of likely N-dealkylation sites (tertiary alicyclic amines) is 1. The number of hydrogen-bond acceptors (Lipinski definition) is 2. The summed E-state index contributed by atoms with van der Waals surface area (Å²) in [7, 11) is 0. The molecule has 0 radical (unpaired) electrons. The topological polar surface area (TPSA) is 15.3 Å². The highest BCUT2D eigenvalue weighted by atomic mass is 15.2. The average molecular weight is 232 g/mol. The van der Waals surface area contributed by atoms with Gasteiger partial charge in [-0.05, 0) is 44.5 Å². The Balaban J connectivity index is 1.63. The van der Waals surface area contributed by atoms with Gasteiger partial charge in [-0.25, -0.2) is 0 Å². The van der Waals surface area contributed by atoms with Crippen LogP contribution in [0.5, 0.6) is 0 Å². The van der Waals surface area contributed by atoms with Crippen LogP contribution in [0, 0.1) is 0 Å². The maximum Gasteiger partial charge on any atom is 0.0220 e. The van der Waals surface area contributed by atoms with Crippen LogP contribution >= 0.6 is 0 Å². The lowest BCUT2D eigenvalue weighted by Gasteiger charge is -2.22. The fraction of sp³-hybridized carbons (Fsp3) is 0.600. The second-order valence-electron chi connectivity index (χ2n) is 4.86. The summed E-state index contributed by atoms with van der Waals surface area (Å²) in [5.74, 6) is 0. The van der Waals surface area contributed by atoms with E-state index < -0.39 is 0 Å². The third-order valence-corrected chi connectivity index (χ3v) is 3.72. The number of hydrogen-bond donors (Lipinski definition) is 1. The van der Waals surface area contributed by atoms with Crippen LogP contribution in [0.3, 0.4) is 0 Å². The SMILES string of the molecule is CCN1CCC[C@H]1CNCCc1ccccc1. The van der Waals surface area contributed by atoms with E-state index in [1.54, 1.807) is 0 Å². The zero-order chi connectivity index (χ0) is 11.9. The van der Waals surface area contributed by atoms with Crippen LogP contribution < -0.4 is 5.32 Å². The fourth-order valence-corrected chi connectivity index (χ4v) is 2.69. The van der Waals surface area contributed by atoms with Gasteiger partial charge in [-0.3, -0.25) is 4.90 Å². The van der Waals surface area contributed by atoms with E-state index in [4.69, 9.17) is 0 Å². The maximum atomic E-state index is 3.60. The van der Waals surface area contributed by atoms with Crippen molar-refractivity contribution in [3.8, 4) is 0 Å². The van der Waals surface area contributed by atoms with Crippen molar-refractivity contribution < 1.29 is 0 Å². The predicted octanol–water partition coefficient (Wildman–Crippen LogP) is 2.30. The molecule has 0 saturated carbocycles. The van der Waals surface area contributed by atoms with Gasteiger partial charge in [0.2, 0.25) is 0 Å². The van der Waals surface area contributed by atoms with Crippen LogP contribution in [0.4, 0.5) is 0 Å². The predicted molar refractivity (Wildman–Crippen MR) is 73.3 cm³/mol. The van der Waals surface area contributed by atoms with Crippen LogP contribution in [0.15, 0.2) is 30.3 Å². The molecule has 0 spiro atoms. The van der Waals surface area contributed by atoms with Gasteiger partial charge in [0.25, 0.3) is 0 Å². The molecule has 0 amide bonds. The van der Waals surface area contributed by atoms with Crippen molar-refractivity contribution in [2.24, 2.45) is 0 Å². The number of nitrogens with zero attached hydrogens (tertiary/aromatic N) is 1. The first-order valence-electron chi connectivity index (χ1n) is 6.89. The number of rotatable bonds is 6. The number of nitrogens with one attached hydrogen (secondary N) is 1. The smallest absolute Gasteiger partial charge is 0.0220 e. The van der Waals surface area contributed by atoms with Crippen molar-refractivity contribution in [3.05, 3.63) is 35.9 Å². The third-order valence-electron chi connectivity index (χ3n) is 3.72. The van der Waals surface area contributed by atoms with E-state index in [0.29, 0.717) is 0 Å². The van der Waals surface area contributed by atoms with Gasteiger partial charge >= 0.3 is 0 Å². The molecule has 17 heavy (non-hydrogen) atoms. The Kier molecular flexibility index (Phi) is 5.02. The van der Waals surface area contributed by atoms with E-state index in [1.165, 1.54) is 31.5 Å². The summed E-state index contributed by atoms with van der Waals surface area (Å²) < 4.78 is 0. The highest BCUT2D eigenvalue weighted by Gasteiger charge is 2.21. The summed E-state index contributed by atoms with van der Waals surface area (Å²) in [6.45, 7) is 7.01. The van der Waals surface area contributed by atoms with Gasteiger partial charge in [-0.15, -0.1) is 0 Å². The van der Waals surface area contributed by atoms with Crippen molar-refractivity contribution in [3.63, 3.8) is 0 Å². The largest absolute Gasteiger partial charge is 0.315 e. The van der Waals surface area contributed by atoms with Gasteiger partial charge in [0.05, 0.1) is 0 Å². The average Bonchev–Trinajstić information content (AvgIpc) is 2.83. The maximum absolute atomic E-state index is 3.60. The Hall–Kier alpha value is -0.860. The minimum atomic E-state index is 0.774. The van der Waals surface area contributed by atoms with E-state index in [-0.39, 0.29) is 0 Å². The van der Waals surface area contributed by atoms with Crippen molar-refractivity contribution >= 4 is 0 Å². The van der Waals surface area contributed by atoms with Gasteiger partial charge in [-0.2, -0.15) is 0 Å². The molecule has 0 unspecified atom stereocenters. The summed E-state index contributed by atoms with van der Waals surface area (Å²) in [5, 5.41) is 3.60. The Morgan fingerprint density at radius 3 is 2.88 bits per heavy atom. The van der Waals surface area contributed by atoms with Crippen molar-refractivity contribution in [1.29, 1.82) is 0 Å². The van der Waals surface area contributed by atoms with Gasteiger partial charge in [0.15, 0.2) is 0 Å². The van der Waals surface area contributed by atoms with Gasteiger partial charge in [-0.1, -0.05) is 37.3 Å². The molecule has 1 aromatic rings. The van der Waals surface area contributed by atoms with Gasteiger partial charge < -0.3 is 5.32 Å². The number of benzene rings is 1. The first-order valence-corrected chi connectivity index (χ1v) is 6.89. The van der Waals surface area contributed by atoms with Crippen LogP contribution in [-0.4, -0.2) is 37.1 Å². The molecular weight excluding hydrogens is 208 g/mol. The summed E-state index contributed by atoms with van der Waals surface area (Å²) in [6, 6.07) is 11.5.